The number of benzene rings is 1. The second-order valence-electron chi connectivity index (χ2n) is 5.82. The molecule has 3 rings (SSSR count). The van der Waals surface area contributed by atoms with Gasteiger partial charge in [-0.3, -0.25) is 4.90 Å². The Morgan fingerprint density at radius 1 is 1.35 bits per heavy atom. The quantitative estimate of drug-likeness (QED) is 0.724. The molecule has 2 heterocycles. The minimum absolute atomic E-state index is 0.145. The number of aromatic nitrogens is 1. The summed E-state index contributed by atoms with van der Waals surface area (Å²) in [6, 6.07) is 8.17. The SMILES string of the molecule is C=CCCC(CN1CCCOCC1)Oc1nc2ccccc2s1. The van der Waals surface area contributed by atoms with Crippen molar-refractivity contribution in [2.45, 2.75) is 25.4 Å². The van der Waals surface area contributed by atoms with Gasteiger partial charge < -0.3 is 9.47 Å². The van der Waals surface area contributed by atoms with Gasteiger partial charge in [-0.15, -0.1) is 6.58 Å². The minimum Gasteiger partial charge on any atom is -0.465 e. The van der Waals surface area contributed by atoms with Crippen LogP contribution in [-0.4, -0.2) is 48.8 Å². The molecule has 0 bridgehead atoms. The third-order valence-electron chi connectivity index (χ3n) is 4.01. The molecule has 23 heavy (non-hydrogen) atoms. The number of ether oxygens (including phenoxy) is 2. The van der Waals surface area contributed by atoms with E-state index in [1.165, 1.54) is 4.70 Å². The van der Waals surface area contributed by atoms with Crippen LogP contribution in [0, 0.1) is 0 Å². The van der Waals surface area contributed by atoms with Crippen molar-refractivity contribution >= 4 is 21.6 Å². The highest BCUT2D eigenvalue weighted by Gasteiger charge is 2.18. The normalized spacial score (nSPS) is 17.7. The van der Waals surface area contributed by atoms with Crippen molar-refractivity contribution in [1.82, 2.24) is 9.88 Å². The van der Waals surface area contributed by atoms with Gasteiger partial charge in [0.05, 0.1) is 16.8 Å². The molecular formula is C18H24N2O2S. The summed E-state index contributed by atoms with van der Waals surface area (Å²) >= 11 is 1.62. The maximum absolute atomic E-state index is 6.22. The zero-order chi connectivity index (χ0) is 15.9. The van der Waals surface area contributed by atoms with Crippen LogP contribution in [0.15, 0.2) is 36.9 Å². The molecular weight excluding hydrogens is 308 g/mol. The van der Waals surface area contributed by atoms with E-state index in [0.29, 0.717) is 0 Å². The summed E-state index contributed by atoms with van der Waals surface area (Å²) in [5, 5.41) is 0.770. The molecule has 0 radical (unpaired) electrons. The molecule has 5 heteroatoms. The number of nitrogens with zero attached hydrogens (tertiary/aromatic N) is 2. The lowest BCUT2D eigenvalue weighted by molar-refractivity contribution is 0.112. The molecule has 2 aromatic rings. The van der Waals surface area contributed by atoms with E-state index in [9.17, 15) is 0 Å². The number of hydrogen-bond donors (Lipinski definition) is 0. The van der Waals surface area contributed by atoms with Crippen LogP contribution in [0.1, 0.15) is 19.3 Å². The number of thiazole rings is 1. The second kappa shape index (κ2) is 8.43. The highest BCUT2D eigenvalue weighted by Crippen LogP contribution is 2.28. The standard InChI is InChI=1S/C18H24N2O2S/c1-2-3-7-15(14-20-10-6-12-21-13-11-20)22-18-19-16-8-4-5-9-17(16)23-18/h2,4-5,8-9,15H,1,3,6-7,10-14H2. The first-order chi connectivity index (χ1) is 11.3. The first-order valence-corrected chi connectivity index (χ1v) is 9.10. The Morgan fingerprint density at radius 2 is 2.26 bits per heavy atom. The van der Waals surface area contributed by atoms with Gasteiger partial charge in [-0.1, -0.05) is 29.5 Å². The van der Waals surface area contributed by atoms with E-state index in [0.717, 1.165) is 62.8 Å². The van der Waals surface area contributed by atoms with E-state index in [4.69, 9.17) is 9.47 Å². The van der Waals surface area contributed by atoms with E-state index >= 15 is 0 Å². The van der Waals surface area contributed by atoms with Crippen LogP contribution < -0.4 is 4.74 Å². The van der Waals surface area contributed by atoms with Crippen LogP contribution in [0.3, 0.4) is 0 Å². The monoisotopic (exact) mass is 332 g/mol. The van der Waals surface area contributed by atoms with Gasteiger partial charge in [0, 0.05) is 26.2 Å². The molecule has 0 spiro atoms. The van der Waals surface area contributed by atoms with Crippen molar-refractivity contribution in [3.05, 3.63) is 36.9 Å². The molecule has 1 fully saturated rings. The first-order valence-electron chi connectivity index (χ1n) is 8.28. The molecule has 0 N–H and O–H groups in total. The van der Waals surface area contributed by atoms with Crippen LogP contribution in [0.4, 0.5) is 0 Å². The van der Waals surface area contributed by atoms with Crippen LogP contribution in [0.2, 0.25) is 0 Å². The Kier molecular flexibility index (Phi) is 6.02. The molecule has 124 valence electrons. The van der Waals surface area contributed by atoms with E-state index in [1.54, 1.807) is 11.3 Å². The lowest BCUT2D eigenvalue weighted by atomic mass is 10.2. The lowest BCUT2D eigenvalue weighted by Crippen LogP contribution is -2.37. The van der Waals surface area contributed by atoms with Crippen LogP contribution in [0.5, 0.6) is 5.19 Å². The van der Waals surface area contributed by atoms with Gasteiger partial charge in [0.2, 0.25) is 0 Å². The molecule has 1 aromatic carbocycles. The summed E-state index contributed by atoms with van der Waals surface area (Å²) in [7, 11) is 0. The van der Waals surface area contributed by atoms with Crippen molar-refractivity contribution in [1.29, 1.82) is 0 Å². The summed E-state index contributed by atoms with van der Waals surface area (Å²) in [4.78, 5) is 7.04. The molecule has 1 unspecified atom stereocenters. The Hall–Kier alpha value is -1.43. The molecule has 0 amide bonds. The van der Waals surface area contributed by atoms with E-state index in [1.807, 2.05) is 24.3 Å². The summed E-state index contributed by atoms with van der Waals surface area (Å²) in [6.45, 7) is 8.50. The fourth-order valence-corrected chi connectivity index (χ4v) is 3.68. The predicted molar refractivity (Wildman–Crippen MR) is 95.3 cm³/mol. The van der Waals surface area contributed by atoms with Gasteiger partial charge in [-0.25, -0.2) is 4.98 Å². The average molecular weight is 332 g/mol. The van der Waals surface area contributed by atoms with Gasteiger partial charge in [-0.2, -0.15) is 0 Å². The van der Waals surface area contributed by atoms with E-state index in [-0.39, 0.29) is 6.10 Å². The Bertz CT molecular complexity index is 587. The molecule has 1 aromatic heterocycles. The zero-order valence-electron chi connectivity index (χ0n) is 13.4. The van der Waals surface area contributed by atoms with Crippen LogP contribution >= 0.6 is 11.3 Å². The summed E-state index contributed by atoms with van der Waals surface area (Å²) in [6.07, 6.45) is 5.12. The fourth-order valence-electron chi connectivity index (χ4n) is 2.80. The van der Waals surface area contributed by atoms with Crippen LogP contribution in [-0.2, 0) is 4.74 Å². The summed E-state index contributed by atoms with van der Waals surface area (Å²) < 4.78 is 12.9. The molecule has 0 aliphatic carbocycles. The number of allylic oxidation sites excluding steroid dienone is 1. The lowest BCUT2D eigenvalue weighted by Gasteiger charge is -2.25. The molecule has 1 aliphatic rings. The fraction of sp³-hybridized carbons (Fsp3) is 0.500. The molecule has 1 saturated heterocycles. The number of rotatable bonds is 7. The van der Waals surface area contributed by atoms with Gasteiger partial charge in [0.15, 0.2) is 0 Å². The second-order valence-corrected chi connectivity index (χ2v) is 6.81. The highest BCUT2D eigenvalue weighted by atomic mass is 32.1. The minimum atomic E-state index is 0.145. The topological polar surface area (TPSA) is 34.6 Å². The number of para-hydroxylation sites is 1. The summed E-state index contributed by atoms with van der Waals surface area (Å²) in [5.41, 5.74) is 1.01. The Balaban J connectivity index is 1.66. The highest BCUT2D eigenvalue weighted by molar-refractivity contribution is 7.20. The molecule has 4 nitrogen and oxygen atoms in total. The Morgan fingerprint density at radius 3 is 3.13 bits per heavy atom. The van der Waals surface area contributed by atoms with Crippen molar-refractivity contribution in [3.63, 3.8) is 0 Å². The largest absolute Gasteiger partial charge is 0.465 e. The van der Waals surface area contributed by atoms with Crippen LogP contribution in [0.25, 0.3) is 10.2 Å². The maximum atomic E-state index is 6.22. The van der Waals surface area contributed by atoms with Gasteiger partial charge in [0.25, 0.3) is 5.19 Å². The number of fused-ring (bicyclic) bond motifs is 1. The predicted octanol–water partition coefficient (Wildman–Crippen LogP) is 3.73. The molecule has 1 aliphatic heterocycles. The maximum Gasteiger partial charge on any atom is 0.274 e. The third kappa shape index (κ3) is 4.77. The summed E-state index contributed by atoms with van der Waals surface area (Å²) in [5.74, 6) is 0. The van der Waals surface area contributed by atoms with Gasteiger partial charge in [-0.05, 0) is 31.4 Å². The van der Waals surface area contributed by atoms with Crippen molar-refractivity contribution in [2.75, 3.05) is 32.8 Å². The van der Waals surface area contributed by atoms with Crippen molar-refractivity contribution in [2.24, 2.45) is 0 Å². The Labute approximate surface area is 141 Å². The number of hydrogen-bond acceptors (Lipinski definition) is 5. The van der Waals surface area contributed by atoms with Gasteiger partial charge >= 0.3 is 0 Å². The first kappa shape index (κ1) is 16.4. The van der Waals surface area contributed by atoms with Crippen molar-refractivity contribution in [3.8, 4) is 5.19 Å². The average Bonchev–Trinajstić information content (AvgIpc) is 2.79. The zero-order valence-corrected chi connectivity index (χ0v) is 14.3. The van der Waals surface area contributed by atoms with Crippen molar-refractivity contribution < 1.29 is 9.47 Å². The molecule has 1 atom stereocenters. The smallest absolute Gasteiger partial charge is 0.274 e. The third-order valence-corrected chi connectivity index (χ3v) is 4.94. The van der Waals surface area contributed by atoms with E-state index in [2.05, 4.69) is 22.5 Å². The van der Waals surface area contributed by atoms with Gasteiger partial charge in [0.1, 0.15) is 6.10 Å². The molecule has 0 saturated carbocycles. The van der Waals surface area contributed by atoms with E-state index < -0.39 is 0 Å².